The van der Waals surface area contributed by atoms with Crippen LogP contribution >= 0.6 is 0 Å². The fourth-order valence-corrected chi connectivity index (χ4v) is 2.49. The third-order valence-corrected chi connectivity index (χ3v) is 3.29. The first-order valence-electron chi connectivity index (χ1n) is 5.25. The molecule has 0 aliphatic carbocycles. The van der Waals surface area contributed by atoms with Crippen molar-refractivity contribution in [3.05, 3.63) is 0 Å². The number of piperidine rings is 1. The second kappa shape index (κ2) is 3.75. The number of nitrogens with zero attached hydrogens (tertiary/aromatic N) is 2. The Morgan fingerprint density at radius 2 is 1.75 bits per heavy atom. The van der Waals surface area contributed by atoms with Crippen molar-refractivity contribution in [1.82, 2.24) is 9.80 Å². The Labute approximate surface area is 75.5 Å². The number of fused-ring (bicyclic) bond motifs is 6. The Morgan fingerprint density at radius 1 is 1.00 bits per heavy atom. The van der Waals surface area contributed by atoms with Crippen LogP contribution in [-0.2, 0) is 0 Å². The minimum atomic E-state index is 0.990. The van der Waals surface area contributed by atoms with E-state index in [4.69, 9.17) is 0 Å². The van der Waals surface area contributed by atoms with Crippen LogP contribution in [0.5, 0.6) is 0 Å². The van der Waals surface area contributed by atoms with Gasteiger partial charge in [-0.15, -0.1) is 0 Å². The normalized spacial score (nSPS) is 38.8. The molecule has 3 rings (SSSR count). The molecule has 3 heterocycles. The van der Waals surface area contributed by atoms with Crippen molar-refractivity contribution in [2.24, 2.45) is 5.92 Å². The van der Waals surface area contributed by atoms with E-state index in [1.54, 1.807) is 0 Å². The number of hydrogen-bond acceptors (Lipinski definition) is 2. The maximum absolute atomic E-state index is 2.63. The molecule has 12 heavy (non-hydrogen) atoms. The highest BCUT2D eigenvalue weighted by Crippen LogP contribution is 2.19. The van der Waals surface area contributed by atoms with Crippen LogP contribution in [0.3, 0.4) is 0 Å². The minimum absolute atomic E-state index is 0.990. The summed E-state index contributed by atoms with van der Waals surface area (Å²) in [5.41, 5.74) is 0. The molecule has 2 heteroatoms. The fraction of sp³-hybridized carbons (Fsp3) is 1.00. The van der Waals surface area contributed by atoms with E-state index in [1.807, 2.05) is 0 Å². The van der Waals surface area contributed by atoms with Crippen LogP contribution in [0.1, 0.15) is 19.3 Å². The summed E-state index contributed by atoms with van der Waals surface area (Å²) in [7, 11) is 2.27. The summed E-state index contributed by atoms with van der Waals surface area (Å²) >= 11 is 0. The highest BCUT2D eigenvalue weighted by atomic mass is 15.2. The molecule has 3 aliphatic rings. The molecule has 0 saturated carbocycles. The standard InChI is InChI=1S/C10H20N2/c1-11-5-2-6-12-7-3-10(9-11)4-8-12/h10H,2-9H2,1H3. The molecule has 0 aromatic heterocycles. The van der Waals surface area contributed by atoms with Gasteiger partial charge < -0.3 is 9.80 Å². The second-order valence-corrected chi connectivity index (χ2v) is 4.40. The highest BCUT2D eigenvalue weighted by Gasteiger charge is 2.21. The molecule has 0 aromatic carbocycles. The predicted octanol–water partition coefficient (Wildman–Crippen LogP) is 1.03. The van der Waals surface area contributed by atoms with Gasteiger partial charge in [-0.25, -0.2) is 0 Å². The van der Waals surface area contributed by atoms with Gasteiger partial charge in [-0.3, -0.25) is 0 Å². The average Bonchev–Trinajstić information content (AvgIpc) is 2.19. The largest absolute Gasteiger partial charge is 0.306 e. The molecule has 0 spiro atoms. The molecule has 3 fully saturated rings. The molecule has 0 aromatic rings. The maximum Gasteiger partial charge on any atom is 0.000757 e. The van der Waals surface area contributed by atoms with Gasteiger partial charge >= 0.3 is 0 Å². The van der Waals surface area contributed by atoms with Gasteiger partial charge in [0.25, 0.3) is 0 Å². The molecule has 0 unspecified atom stereocenters. The maximum atomic E-state index is 2.63. The van der Waals surface area contributed by atoms with Crippen molar-refractivity contribution in [2.75, 3.05) is 39.8 Å². The van der Waals surface area contributed by atoms with Crippen LogP contribution < -0.4 is 0 Å². The number of rotatable bonds is 0. The van der Waals surface area contributed by atoms with Crippen LogP contribution in [0, 0.1) is 5.92 Å². The van der Waals surface area contributed by atoms with Gasteiger partial charge in [-0.1, -0.05) is 0 Å². The Hall–Kier alpha value is -0.0800. The van der Waals surface area contributed by atoms with Gasteiger partial charge in [0.15, 0.2) is 0 Å². The van der Waals surface area contributed by atoms with Crippen LogP contribution in [0.15, 0.2) is 0 Å². The third-order valence-electron chi connectivity index (χ3n) is 3.29. The molecule has 3 aliphatic heterocycles. The first kappa shape index (κ1) is 8.52. The lowest BCUT2D eigenvalue weighted by atomic mass is 9.97. The summed E-state index contributed by atoms with van der Waals surface area (Å²) in [6.45, 7) is 6.69. The first-order valence-corrected chi connectivity index (χ1v) is 5.25. The molecule has 3 saturated heterocycles. The molecule has 0 amide bonds. The van der Waals surface area contributed by atoms with Gasteiger partial charge in [-0.05, 0) is 58.4 Å². The Kier molecular flexibility index (Phi) is 2.66. The van der Waals surface area contributed by atoms with Crippen molar-refractivity contribution in [3.8, 4) is 0 Å². The zero-order chi connectivity index (χ0) is 8.39. The van der Waals surface area contributed by atoms with E-state index >= 15 is 0 Å². The van der Waals surface area contributed by atoms with Crippen molar-refractivity contribution < 1.29 is 0 Å². The summed E-state index contributed by atoms with van der Waals surface area (Å²) in [6, 6.07) is 0. The van der Waals surface area contributed by atoms with Crippen molar-refractivity contribution in [2.45, 2.75) is 19.3 Å². The van der Waals surface area contributed by atoms with E-state index in [9.17, 15) is 0 Å². The Bertz CT molecular complexity index is 139. The quantitative estimate of drug-likeness (QED) is 0.533. The van der Waals surface area contributed by atoms with E-state index in [2.05, 4.69) is 16.8 Å². The fourth-order valence-electron chi connectivity index (χ4n) is 2.49. The average molecular weight is 168 g/mol. The molecule has 70 valence electrons. The lowest BCUT2D eigenvalue weighted by Gasteiger charge is -2.30. The first-order chi connectivity index (χ1) is 5.84. The van der Waals surface area contributed by atoms with Crippen LogP contribution in [-0.4, -0.2) is 49.6 Å². The number of hydrogen-bond donors (Lipinski definition) is 0. The predicted molar refractivity (Wildman–Crippen MR) is 51.3 cm³/mol. The van der Waals surface area contributed by atoms with Crippen LogP contribution in [0.2, 0.25) is 0 Å². The molecule has 0 radical (unpaired) electrons. The van der Waals surface area contributed by atoms with E-state index < -0.39 is 0 Å². The van der Waals surface area contributed by atoms with Crippen LogP contribution in [0.4, 0.5) is 0 Å². The van der Waals surface area contributed by atoms with Gasteiger partial charge in [-0.2, -0.15) is 0 Å². The summed E-state index contributed by atoms with van der Waals surface area (Å²) in [5, 5.41) is 0. The summed E-state index contributed by atoms with van der Waals surface area (Å²) in [4.78, 5) is 5.15. The van der Waals surface area contributed by atoms with E-state index in [0.29, 0.717) is 0 Å². The van der Waals surface area contributed by atoms with Gasteiger partial charge in [0.2, 0.25) is 0 Å². The second-order valence-electron chi connectivity index (χ2n) is 4.40. The minimum Gasteiger partial charge on any atom is -0.306 e. The van der Waals surface area contributed by atoms with Crippen molar-refractivity contribution >= 4 is 0 Å². The van der Waals surface area contributed by atoms with E-state index in [-0.39, 0.29) is 0 Å². The van der Waals surface area contributed by atoms with Crippen molar-refractivity contribution in [1.29, 1.82) is 0 Å². The van der Waals surface area contributed by atoms with Crippen LogP contribution in [0.25, 0.3) is 0 Å². The monoisotopic (exact) mass is 168 g/mol. The summed E-state index contributed by atoms with van der Waals surface area (Å²) in [6.07, 6.45) is 4.23. The van der Waals surface area contributed by atoms with Gasteiger partial charge in [0.1, 0.15) is 0 Å². The third kappa shape index (κ3) is 1.99. The van der Waals surface area contributed by atoms with Crippen molar-refractivity contribution in [3.63, 3.8) is 0 Å². The zero-order valence-electron chi connectivity index (χ0n) is 8.13. The van der Waals surface area contributed by atoms with E-state index in [1.165, 1.54) is 52.0 Å². The van der Waals surface area contributed by atoms with E-state index in [0.717, 1.165) is 5.92 Å². The SMILES string of the molecule is CN1CCCN2CCC(CC2)C1. The lowest BCUT2D eigenvalue weighted by Crippen LogP contribution is -2.35. The lowest BCUT2D eigenvalue weighted by molar-refractivity contribution is 0.183. The molecule has 2 bridgehead atoms. The Morgan fingerprint density at radius 3 is 2.50 bits per heavy atom. The molecular weight excluding hydrogens is 148 g/mol. The summed E-state index contributed by atoms with van der Waals surface area (Å²) < 4.78 is 0. The molecule has 0 N–H and O–H groups in total. The van der Waals surface area contributed by atoms with Gasteiger partial charge in [0.05, 0.1) is 0 Å². The topological polar surface area (TPSA) is 6.48 Å². The molecular formula is C10H20N2. The smallest absolute Gasteiger partial charge is 0.000757 e. The molecule has 2 nitrogen and oxygen atoms in total. The molecule has 0 atom stereocenters. The Balaban J connectivity index is 1.96. The van der Waals surface area contributed by atoms with Gasteiger partial charge in [0, 0.05) is 6.54 Å². The zero-order valence-corrected chi connectivity index (χ0v) is 8.13. The summed E-state index contributed by atoms with van der Waals surface area (Å²) in [5.74, 6) is 0.990. The highest BCUT2D eigenvalue weighted by molar-refractivity contribution is 4.76.